The zero-order valence-corrected chi connectivity index (χ0v) is 14.6. The van der Waals surface area contributed by atoms with Gasteiger partial charge in [0, 0.05) is 19.4 Å². The molecule has 0 aromatic carbocycles. The number of halogens is 3. The van der Waals surface area contributed by atoms with Crippen LogP contribution < -0.4 is 0 Å². The first-order valence-corrected chi connectivity index (χ1v) is 8.01. The van der Waals surface area contributed by atoms with Crippen LogP contribution in [0, 0.1) is 6.92 Å². The Hall–Kier alpha value is -3.23. The molecule has 9 heteroatoms. The molecule has 140 valence electrons. The van der Waals surface area contributed by atoms with Gasteiger partial charge in [0.25, 0.3) is 5.91 Å². The summed E-state index contributed by atoms with van der Waals surface area (Å²) in [7, 11) is 1.64. The number of carbonyl (C=O) groups is 1. The van der Waals surface area contributed by atoms with Crippen molar-refractivity contribution in [3.63, 3.8) is 0 Å². The molecule has 0 fully saturated rings. The van der Waals surface area contributed by atoms with Gasteiger partial charge in [0.2, 0.25) is 0 Å². The van der Waals surface area contributed by atoms with Crippen LogP contribution >= 0.6 is 0 Å². The first-order chi connectivity index (χ1) is 12.8. The fourth-order valence-electron chi connectivity index (χ4n) is 2.54. The van der Waals surface area contributed by atoms with Crippen molar-refractivity contribution >= 4 is 5.91 Å². The van der Waals surface area contributed by atoms with Gasteiger partial charge >= 0.3 is 6.18 Å². The van der Waals surface area contributed by atoms with Gasteiger partial charge in [0.1, 0.15) is 0 Å². The lowest BCUT2D eigenvalue weighted by Gasteiger charge is -2.16. The molecule has 0 bridgehead atoms. The molecule has 3 aromatic heterocycles. The minimum atomic E-state index is -4.46. The molecule has 3 rings (SSSR count). The molecule has 6 nitrogen and oxygen atoms in total. The van der Waals surface area contributed by atoms with Crippen molar-refractivity contribution < 1.29 is 18.0 Å². The van der Waals surface area contributed by atoms with Crippen LogP contribution in [-0.2, 0) is 12.7 Å². The molecule has 0 N–H and O–H groups in total. The fourth-order valence-corrected chi connectivity index (χ4v) is 2.54. The molecule has 0 unspecified atom stereocenters. The van der Waals surface area contributed by atoms with Crippen LogP contribution in [-0.4, -0.2) is 37.6 Å². The van der Waals surface area contributed by atoms with Crippen LogP contribution in [0.3, 0.4) is 0 Å². The van der Waals surface area contributed by atoms with Crippen molar-refractivity contribution in [3.05, 3.63) is 71.4 Å². The summed E-state index contributed by atoms with van der Waals surface area (Å²) in [6, 6.07) is 7.58. The maximum Gasteiger partial charge on any atom is 0.417 e. The summed E-state index contributed by atoms with van der Waals surface area (Å²) >= 11 is 0. The van der Waals surface area contributed by atoms with E-state index < -0.39 is 11.7 Å². The lowest BCUT2D eigenvalue weighted by molar-refractivity contribution is -0.137. The van der Waals surface area contributed by atoms with E-state index in [-0.39, 0.29) is 11.7 Å². The molecule has 0 atom stereocenters. The topological polar surface area (TPSA) is 63.9 Å². The summed E-state index contributed by atoms with van der Waals surface area (Å²) in [5, 5.41) is 4.10. The number of pyridine rings is 2. The Labute approximate surface area is 153 Å². The van der Waals surface area contributed by atoms with Gasteiger partial charge in [-0.3, -0.25) is 9.78 Å². The monoisotopic (exact) mass is 375 g/mol. The molecule has 0 aliphatic carbocycles. The normalized spacial score (nSPS) is 11.4. The molecular formula is C18H16F3N5O. The van der Waals surface area contributed by atoms with Gasteiger partial charge < -0.3 is 4.90 Å². The molecule has 0 saturated heterocycles. The molecule has 0 aliphatic rings. The highest BCUT2D eigenvalue weighted by Crippen LogP contribution is 2.28. The van der Waals surface area contributed by atoms with E-state index in [1.807, 2.05) is 12.1 Å². The van der Waals surface area contributed by atoms with Gasteiger partial charge in [-0.1, -0.05) is 6.07 Å². The fraction of sp³-hybridized carbons (Fsp3) is 0.222. The third kappa shape index (κ3) is 3.97. The van der Waals surface area contributed by atoms with Crippen LogP contribution in [0.1, 0.15) is 27.3 Å². The molecular weight excluding hydrogens is 359 g/mol. The van der Waals surface area contributed by atoms with Crippen molar-refractivity contribution in [1.82, 2.24) is 24.6 Å². The van der Waals surface area contributed by atoms with Gasteiger partial charge in [-0.2, -0.15) is 18.3 Å². The Morgan fingerprint density at radius 1 is 1.15 bits per heavy atom. The molecule has 0 radical (unpaired) electrons. The van der Waals surface area contributed by atoms with Gasteiger partial charge in [-0.15, -0.1) is 0 Å². The minimum Gasteiger partial charge on any atom is -0.336 e. The van der Waals surface area contributed by atoms with Crippen molar-refractivity contribution in [2.45, 2.75) is 19.6 Å². The van der Waals surface area contributed by atoms with Crippen LogP contribution in [0.15, 0.2) is 48.9 Å². The second-order valence-corrected chi connectivity index (χ2v) is 5.94. The molecule has 0 aliphatic heterocycles. The molecule has 3 heterocycles. The van der Waals surface area contributed by atoms with E-state index in [2.05, 4.69) is 15.1 Å². The predicted molar refractivity (Wildman–Crippen MR) is 91.1 cm³/mol. The van der Waals surface area contributed by atoms with E-state index >= 15 is 0 Å². The van der Waals surface area contributed by atoms with Gasteiger partial charge in [-0.05, 0) is 31.2 Å². The maximum absolute atomic E-state index is 12.7. The first kappa shape index (κ1) is 18.6. The summed E-state index contributed by atoms with van der Waals surface area (Å²) in [6.45, 7) is 1.98. The number of hydrogen-bond acceptors (Lipinski definition) is 4. The second kappa shape index (κ2) is 7.18. The van der Waals surface area contributed by atoms with Crippen molar-refractivity contribution in [1.29, 1.82) is 0 Å². The smallest absolute Gasteiger partial charge is 0.336 e. The zero-order valence-electron chi connectivity index (χ0n) is 14.6. The lowest BCUT2D eigenvalue weighted by atomic mass is 10.2. The average Bonchev–Trinajstić information content (AvgIpc) is 3.02. The standard InChI is InChI=1S/C18H16F3N5O/c1-12-15(17(27)25(2)11-14-5-3-4-8-22-14)10-24-26(12)16-7-6-13(9-23-16)18(19,20)21/h3-10H,11H2,1-2H3. The molecule has 0 spiro atoms. The Balaban J connectivity index is 1.81. The van der Waals surface area contributed by atoms with E-state index in [9.17, 15) is 18.0 Å². The minimum absolute atomic E-state index is 0.201. The SMILES string of the molecule is Cc1c(C(=O)N(C)Cc2ccccn2)cnn1-c1ccc(C(F)(F)F)cn1. The highest BCUT2D eigenvalue weighted by Gasteiger charge is 2.31. The number of nitrogens with zero attached hydrogens (tertiary/aromatic N) is 5. The highest BCUT2D eigenvalue weighted by atomic mass is 19.4. The summed E-state index contributed by atoms with van der Waals surface area (Å²) < 4.78 is 39.3. The van der Waals surface area contributed by atoms with Crippen LogP contribution in [0.4, 0.5) is 13.2 Å². The number of alkyl halides is 3. The number of aromatic nitrogens is 4. The van der Waals surface area contributed by atoms with Crippen molar-refractivity contribution in [2.24, 2.45) is 0 Å². The Morgan fingerprint density at radius 3 is 2.52 bits per heavy atom. The van der Waals surface area contributed by atoms with E-state index in [1.165, 1.54) is 21.8 Å². The van der Waals surface area contributed by atoms with Gasteiger partial charge in [0.15, 0.2) is 5.82 Å². The van der Waals surface area contributed by atoms with Crippen LogP contribution in [0.5, 0.6) is 0 Å². The Morgan fingerprint density at radius 2 is 1.93 bits per heavy atom. The zero-order chi connectivity index (χ0) is 19.6. The molecule has 3 aromatic rings. The van der Waals surface area contributed by atoms with E-state index in [0.717, 1.165) is 18.0 Å². The van der Waals surface area contributed by atoms with Gasteiger partial charge in [0.05, 0.1) is 35.3 Å². The van der Waals surface area contributed by atoms with E-state index in [1.54, 1.807) is 26.2 Å². The van der Waals surface area contributed by atoms with Crippen LogP contribution in [0.25, 0.3) is 5.82 Å². The Kier molecular flexibility index (Phi) is 4.93. The van der Waals surface area contributed by atoms with Crippen molar-refractivity contribution in [3.8, 4) is 5.82 Å². The molecule has 27 heavy (non-hydrogen) atoms. The number of amides is 1. The Bertz CT molecular complexity index is 936. The maximum atomic E-state index is 12.7. The van der Waals surface area contributed by atoms with E-state index in [4.69, 9.17) is 0 Å². The first-order valence-electron chi connectivity index (χ1n) is 8.01. The number of hydrogen-bond donors (Lipinski definition) is 0. The largest absolute Gasteiger partial charge is 0.417 e. The van der Waals surface area contributed by atoms with E-state index in [0.29, 0.717) is 17.8 Å². The van der Waals surface area contributed by atoms with Crippen LogP contribution in [0.2, 0.25) is 0 Å². The molecule has 1 amide bonds. The summed E-state index contributed by atoms with van der Waals surface area (Å²) in [5.74, 6) is -0.0664. The summed E-state index contributed by atoms with van der Waals surface area (Å²) in [4.78, 5) is 22.2. The second-order valence-electron chi connectivity index (χ2n) is 5.94. The highest BCUT2D eigenvalue weighted by molar-refractivity contribution is 5.95. The van der Waals surface area contributed by atoms with Crippen molar-refractivity contribution in [2.75, 3.05) is 7.05 Å². The lowest BCUT2D eigenvalue weighted by Crippen LogP contribution is -2.27. The predicted octanol–water partition coefficient (Wildman–Crippen LogP) is 3.26. The summed E-state index contributed by atoms with van der Waals surface area (Å²) in [6.07, 6.45) is -0.690. The van der Waals surface area contributed by atoms with Gasteiger partial charge in [-0.25, -0.2) is 9.67 Å². The number of carbonyl (C=O) groups excluding carboxylic acids is 1. The third-order valence-electron chi connectivity index (χ3n) is 4.00. The third-order valence-corrected chi connectivity index (χ3v) is 4.00. The summed E-state index contributed by atoms with van der Waals surface area (Å²) in [5.41, 5.74) is 0.723. The number of rotatable bonds is 4. The average molecular weight is 375 g/mol. The molecule has 0 saturated carbocycles. The quantitative estimate of drug-likeness (QED) is 0.702.